The SMILES string of the molecule is CC/C=C/CC/C=C/CC/C=C/C(O)C(CO)NC(=O)C(O)CCCCCCCC/C=C\CCCCCC. The van der Waals surface area contributed by atoms with Crippen LogP contribution in [-0.4, -0.2) is 46.1 Å². The molecular weight excluding hydrogens is 474 g/mol. The van der Waals surface area contributed by atoms with Gasteiger partial charge < -0.3 is 20.6 Å². The minimum Gasteiger partial charge on any atom is -0.394 e. The number of carbonyl (C=O) groups is 1. The first kappa shape index (κ1) is 36.3. The number of hydrogen-bond donors (Lipinski definition) is 4. The molecule has 0 aliphatic rings. The monoisotopic (exact) mass is 533 g/mol. The molecule has 3 atom stereocenters. The highest BCUT2D eigenvalue weighted by molar-refractivity contribution is 5.80. The Hall–Kier alpha value is -1.69. The first-order chi connectivity index (χ1) is 18.6. The van der Waals surface area contributed by atoms with Gasteiger partial charge in [-0.3, -0.25) is 4.79 Å². The summed E-state index contributed by atoms with van der Waals surface area (Å²) >= 11 is 0. The minimum absolute atomic E-state index is 0.386. The number of rotatable bonds is 26. The Morgan fingerprint density at radius 1 is 0.658 bits per heavy atom. The van der Waals surface area contributed by atoms with Crippen molar-refractivity contribution in [3.63, 3.8) is 0 Å². The van der Waals surface area contributed by atoms with Crippen molar-refractivity contribution in [3.8, 4) is 0 Å². The van der Waals surface area contributed by atoms with Gasteiger partial charge in [-0.15, -0.1) is 0 Å². The van der Waals surface area contributed by atoms with E-state index in [0.29, 0.717) is 6.42 Å². The normalized spacial score (nSPS) is 14.8. The van der Waals surface area contributed by atoms with Crippen molar-refractivity contribution in [2.45, 2.75) is 148 Å². The van der Waals surface area contributed by atoms with Gasteiger partial charge in [-0.05, 0) is 64.2 Å². The predicted octanol–water partition coefficient (Wildman–Crippen LogP) is 7.47. The lowest BCUT2D eigenvalue weighted by atomic mass is 10.0. The second kappa shape index (κ2) is 28.3. The number of carbonyl (C=O) groups excluding carboxylic acids is 1. The summed E-state index contributed by atoms with van der Waals surface area (Å²) in [5.74, 6) is -0.530. The van der Waals surface area contributed by atoms with E-state index in [0.717, 1.165) is 57.8 Å². The summed E-state index contributed by atoms with van der Waals surface area (Å²) in [5, 5.41) is 32.7. The molecule has 0 fully saturated rings. The van der Waals surface area contributed by atoms with Gasteiger partial charge in [0.15, 0.2) is 0 Å². The van der Waals surface area contributed by atoms with E-state index >= 15 is 0 Å². The van der Waals surface area contributed by atoms with Crippen LogP contribution in [0.15, 0.2) is 48.6 Å². The van der Waals surface area contributed by atoms with Crippen LogP contribution in [0.2, 0.25) is 0 Å². The zero-order chi connectivity index (χ0) is 28.1. The van der Waals surface area contributed by atoms with E-state index in [1.165, 1.54) is 51.4 Å². The highest BCUT2D eigenvalue weighted by Crippen LogP contribution is 2.11. The van der Waals surface area contributed by atoms with E-state index in [4.69, 9.17) is 0 Å². The lowest BCUT2D eigenvalue weighted by molar-refractivity contribution is -0.131. The van der Waals surface area contributed by atoms with Gasteiger partial charge in [0.2, 0.25) is 5.91 Å². The Bertz CT molecular complexity index is 641. The second-order valence-electron chi connectivity index (χ2n) is 10.3. The van der Waals surface area contributed by atoms with Crippen LogP contribution >= 0.6 is 0 Å². The van der Waals surface area contributed by atoms with Crippen molar-refractivity contribution in [3.05, 3.63) is 48.6 Å². The molecule has 5 heteroatoms. The van der Waals surface area contributed by atoms with Gasteiger partial charge in [0.25, 0.3) is 0 Å². The van der Waals surface area contributed by atoms with E-state index in [1.807, 2.05) is 6.08 Å². The van der Waals surface area contributed by atoms with Crippen molar-refractivity contribution < 1.29 is 20.1 Å². The van der Waals surface area contributed by atoms with Crippen LogP contribution in [-0.2, 0) is 4.79 Å². The molecule has 3 unspecified atom stereocenters. The molecule has 0 bridgehead atoms. The van der Waals surface area contributed by atoms with Gasteiger partial charge in [0.1, 0.15) is 6.10 Å². The highest BCUT2D eigenvalue weighted by atomic mass is 16.3. The van der Waals surface area contributed by atoms with Crippen molar-refractivity contribution in [1.29, 1.82) is 0 Å². The third kappa shape index (κ3) is 23.4. The molecule has 0 aromatic rings. The molecule has 0 aromatic carbocycles. The molecule has 0 spiro atoms. The maximum Gasteiger partial charge on any atom is 0.249 e. The van der Waals surface area contributed by atoms with E-state index < -0.39 is 24.2 Å². The Labute approximate surface area is 234 Å². The summed E-state index contributed by atoms with van der Waals surface area (Å²) in [6.45, 7) is 3.98. The molecule has 0 aliphatic heterocycles. The number of aliphatic hydroxyl groups is 3. The van der Waals surface area contributed by atoms with Crippen molar-refractivity contribution >= 4 is 5.91 Å². The molecule has 220 valence electrons. The quantitative estimate of drug-likeness (QED) is 0.0686. The Morgan fingerprint density at radius 3 is 1.74 bits per heavy atom. The lowest BCUT2D eigenvalue weighted by Crippen LogP contribution is -2.48. The summed E-state index contributed by atoms with van der Waals surface area (Å²) in [7, 11) is 0. The van der Waals surface area contributed by atoms with Crippen LogP contribution in [0.3, 0.4) is 0 Å². The molecule has 4 N–H and O–H groups in total. The summed E-state index contributed by atoms with van der Waals surface area (Å²) in [5.41, 5.74) is 0. The Balaban J connectivity index is 3.89. The largest absolute Gasteiger partial charge is 0.394 e. The first-order valence-corrected chi connectivity index (χ1v) is 15.5. The Morgan fingerprint density at radius 2 is 1.16 bits per heavy atom. The minimum atomic E-state index is -1.11. The fourth-order valence-corrected chi connectivity index (χ4v) is 4.16. The number of unbranched alkanes of at least 4 members (excludes halogenated alkanes) is 12. The van der Waals surface area contributed by atoms with Crippen LogP contribution in [0.5, 0.6) is 0 Å². The molecule has 0 saturated heterocycles. The van der Waals surface area contributed by atoms with Crippen LogP contribution in [0.25, 0.3) is 0 Å². The van der Waals surface area contributed by atoms with Crippen molar-refractivity contribution in [2.24, 2.45) is 0 Å². The van der Waals surface area contributed by atoms with Crippen molar-refractivity contribution in [2.75, 3.05) is 6.61 Å². The van der Waals surface area contributed by atoms with Crippen LogP contribution in [0.4, 0.5) is 0 Å². The maximum absolute atomic E-state index is 12.3. The second-order valence-corrected chi connectivity index (χ2v) is 10.3. The number of hydrogen-bond acceptors (Lipinski definition) is 4. The molecule has 38 heavy (non-hydrogen) atoms. The van der Waals surface area contributed by atoms with Gasteiger partial charge in [-0.1, -0.05) is 114 Å². The van der Waals surface area contributed by atoms with E-state index in [1.54, 1.807) is 6.08 Å². The molecule has 5 nitrogen and oxygen atoms in total. The number of amides is 1. The van der Waals surface area contributed by atoms with Gasteiger partial charge in [0.05, 0.1) is 18.8 Å². The predicted molar refractivity (Wildman–Crippen MR) is 162 cm³/mol. The maximum atomic E-state index is 12.3. The summed E-state index contributed by atoms with van der Waals surface area (Å²) < 4.78 is 0. The average molecular weight is 534 g/mol. The number of allylic oxidation sites excluding steroid dienone is 7. The van der Waals surface area contributed by atoms with Crippen molar-refractivity contribution in [1.82, 2.24) is 5.32 Å². The molecule has 0 saturated carbocycles. The topological polar surface area (TPSA) is 89.8 Å². The molecule has 0 aromatic heterocycles. The first-order valence-electron chi connectivity index (χ1n) is 15.5. The number of nitrogens with one attached hydrogen (secondary N) is 1. The van der Waals surface area contributed by atoms with E-state index in [2.05, 4.69) is 55.6 Å². The van der Waals surface area contributed by atoms with E-state index in [-0.39, 0.29) is 6.61 Å². The molecule has 0 aliphatic carbocycles. The average Bonchev–Trinajstić information content (AvgIpc) is 2.92. The summed E-state index contributed by atoms with van der Waals surface area (Å²) in [6, 6.07) is -0.820. The highest BCUT2D eigenvalue weighted by Gasteiger charge is 2.22. The number of aliphatic hydroxyl groups excluding tert-OH is 3. The van der Waals surface area contributed by atoms with Crippen LogP contribution in [0, 0.1) is 0 Å². The smallest absolute Gasteiger partial charge is 0.249 e. The fraction of sp³-hybridized carbons (Fsp3) is 0.727. The molecular formula is C33H59NO4. The van der Waals surface area contributed by atoms with Crippen LogP contribution in [0.1, 0.15) is 129 Å². The molecule has 1 amide bonds. The molecule has 0 heterocycles. The van der Waals surface area contributed by atoms with Gasteiger partial charge >= 0.3 is 0 Å². The summed E-state index contributed by atoms with van der Waals surface area (Å²) in [6.07, 6.45) is 34.1. The molecule has 0 radical (unpaired) electrons. The van der Waals surface area contributed by atoms with Gasteiger partial charge in [0, 0.05) is 0 Å². The third-order valence-electron chi connectivity index (χ3n) is 6.63. The van der Waals surface area contributed by atoms with E-state index in [9.17, 15) is 20.1 Å². The Kier molecular flexibility index (Phi) is 27.1. The third-order valence-corrected chi connectivity index (χ3v) is 6.63. The fourth-order valence-electron chi connectivity index (χ4n) is 4.16. The summed E-state index contributed by atoms with van der Waals surface area (Å²) in [4.78, 5) is 12.3. The van der Waals surface area contributed by atoms with Crippen LogP contribution < -0.4 is 5.32 Å². The van der Waals surface area contributed by atoms with Gasteiger partial charge in [-0.25, -0.2) is 0 Å². The molecule has 0 rings (SSSR count). The van der Waals surface area contributed by atoms with Gasteiger partial charge in [-0.2, -0.15) is 0 Å². The lowest BCUT2D eigenvalue weighted by Gasteiger charge is -2.21. The standard InChI is InChI=1S/C33H59NO4/c1-3-5-7-9-11-13-15-16-17-18-20-22-24-26-28-32(37)33(38)34-30(29-35)31(36)27-25-23-21-19-14-12-10-8-6-4-2/h6,8,13-15,19,25,27,30-32,35-37H,3-5,7,9-12,16-18,20-24,26,28-29H2,1-2H3,(H,34,38)/b8-6+,15-13-,19-14+,27-25+. The zero-order valence-corrected chi connectivity index (χ0v) is 24.5. The zero-order valence-electron chi connectivity index (χ0n) is 24.5.